The summed E-state index contributed by atoms with van der Waals surface area (Å²) in [5.74, 6) is 0. The molecule has 8 aromatic carbocycles. The Labute approximate surface area is 457 Å². The highest BCUT2D eigenvalue weighted by atomic mass is 16.3. The summed E-state index contributed by atoms with van der Waals surface area (Å²) >= 11 is 0. The van der Waals surface area contributed by atoms with Gasteiger partial charge in [0.25, 0.3) is 6.71 Å². The Bertz CT molecular complexity index is 4010. The average molecular weight is 1010 g/mol. The molecule has 0 amide bonds. The van der Waals surface area contributed by atoms with Crippen LogP contribution in [-0.4, -0.2) is 12.3 Å². The van der Waals surface area contributed by atoms with E-state index in [4.69, 9.17) is 4.42 Å². The number of benzene rings is 8. The lowest BCUT2D eigenvalue weighted by molar-refractivity contribution is 0.195. The molecule has 5 heteroatoms. The number of hydrogen-bond donors (Lipinski definition) is 0. The Hall–Kier alpha value is -6.98. The van der Waals surface area contributed by atoms with E-state index in [0.29, 0.717) is 0 Å². The molecule has 0 N–H and O–H groups in total. The number of fused-ring (bicyclic) bond motifs is 12. The number of para-hydroxylation sites is 3. The standard InChI is InChI=1S/C72H72BN3O/c1-44-36-51-54(70(8,9)43-69(51,6)7)41-60(44)75-61-42-53-52(67(2,3)34-35-68(53,4)5)40-56(61)73-55-37-46(45-22-13-12-14-23-45)30-31-58(55)74(59-28-21-25-49-48-24-15-18-29-64(48)77-66(49)59)62-38-47(39-63(75)65(62)73)76-57-27-17-16-26-50(57)71(10)32-19-20-33-72(71,76)11/h12-18,21-31,36-42H,19-20,32-35,43H2,1-11H3. The van der Waals surface area contributed by atoms with Crippen LogP contribution in [0.25, 0.3) is 33.1 Å². The number of hydrogen-bond acceptors (Lipinski definition) is 4. The number of aryl methyl sites for hydroxylation is 1. The molecule has 1 saturated carbocycles. The van der Waals surface area contributed by atoms with Crippen molar-refractivity contribution in [3.05, 3.63) is 185 Å². The number of nitrogens with zero attached hydrogens (tertiary/aromatic N) is 3. The molecule has 384 valence electrons. The van der Waals surface area contributed by atoms with Crippen LogP contribution in [0.15, 0.2) is 156 Å². The molecule has 3 aliphatic heterocycles. The molecular formula is C72H72BN3O. The second kappa shape index (κ2) is 15.6. The van der Waals surface area contributed by atoms with Gasteiger partial charge in [0.1, 0.15) is 5.58 Å². The summed E-state index contributed by atoms with van der Waals surface area (Å²) in [5, 5.41) is 2.27. The molecule has 4 heterocycles. The van der Waals surface area contributed by atoms with Crippen LogP contribution in [0.3, 0.4) is 0 Å². The van der Waals surface area contributed by atoms with Crippen molar-refractivity contribution in [3.8, 4) is 11.1 Å². The van der Waals surface area contributed by atoms with E-state index in [1.54, 1.807) is 0 Å². The van der Waals surface area contributed by atoms with E-state index < -0.39 is 0 Å². The minimum Gasteiger partial charge on any atom is -0.454 e. The third kappa shape index (κ3) is 6.35. The van der Waals surface area contributed by atoms with Crippen molar-refractivity contribution in [2.24, 2.45) is 0 Å². The first kappa shape index (κ1) is 47.3. The van der Waals surface area contributed by atoms with Gasteiger partial charge in [-0.05, 0) is 177 Å². The number of rotatable bonds is 4. The topological polar surface area (TPSA) is 22.9 Å². The average Bonchev–Trinajstić information content (AvgIpc) is 4.20. The monoisotopic (exact) mass is 1010 g/mol. The van der Waals surface area contributed by atoms with E-state index in [9.17, 15) is 0 Å². The van der Waals surface area contributed by atoms with Crippen molar-refractivity contribution in [1.29, 1.82) is 0 Å². The first-order chi connectivity index (χ1) is 36.8. The fraction of sp³-hybridized carbons (Fsp3) is 0.333. The van der Waals surface area contributed by atoms with Crippen LogP contribution in [0.2, 0.25) is 0 Å². The molecule has 1 fully saturated rings. The molecular weight excluding hydrogens is 934 g/mol. The molecule has 4 nitrogen and oxygen atoms in total. The summed E-state index contributed by atoms with van der Waals surface area (Å²) in [5.41, 5.74) is 27.0. The Morgan fingerprint density at radius 1 is 0.429 bits per heavy atom. The van der Waals surface area contributed by atoms with Gasteiger partial charge in [0.05, 0.1) is 11.2 Å². The highest BCUT2D eigenvalue weighted by Gasteiger charge is 2.58. The molecule has 3 aliphatic carbocycles. The second-order valence-corrected chi connectivity index (χ2v) is 27.4. The van der Waals surface area contributed by atoms with E-state index in [0.717, 1.165) is 53.3 Å². The molecule has 0 radical (unpaired) electrons. The van der Waals surface area contributed by atoms with Crippen LogP contribution in [0, 0.1) is 6.92 Å². The number of anilines is 8. The second-order valence-electron chi connectivity index (χ2n) is 27.4. The van der Waals surface area contributed by atoms with Crippen LogP contribution < -0.4 is 31.1 Å². The van der Waals surface area contributed by atoms with Gasteiger partial charge < -0.3 is 19.1 Å². The molecule has 1 aromatic heterocycles. The normalized spacial score (nSPS) is 22.5. The van der Waals surface area contributed by atoms with Gasteiger partial charge in [0.2, 0.25) is 0 Å². The smallest absolute Gasteiger partial charge is 0.252 e. The summed E-state index contributed by atoms with van der Waals surface area (Å²) < 4.78 is 7.12. The fourth-order valence-corrected chi connectivity index (χ4v) is 16.9. The Balaban J connectivity index is 1.12. The summed E-state index contributed by atoms with van der Waals surface area (Å²) in [7, 11) is 0. The van der Waals surface area contributed by atoms with E-state index in [1.807, 2.05) is 0 Å². The van der Waals surface area contributed by atoms with E-state index >= 15 is 0 Å². The van der Waals surface area contributed by atoms with Gasteiger partial charge in [0, 0.05) is 56.0 Å². The van der Waals surface area contributed by atoms with Crippen molar-refractivity contribution < 1.29 is 4.42 Å². The molecule has 9 aromatic rings. The number of furan rings is 1. The predicted molar refractivity (Wildman–Crippen MR) is 327 cm³/mol. The highest BCUT2D eigenvalue weighted by Crippen LogP contribution is 2.63. The van der Waals surface area contributed by atoms with Crippen LogP contribution >= 0.6 is 0 Å². The van der Waals surface area contributed by atoms with Gasteiger partial charge in [-0.3, -0.25) is 0 Å². The molecule has 0 bridgehead atoms. The zero-order valence-corrected chi connectivity index (χ0v) is 47.2. The molecule has 6 aliphatic rings. The lowest BCUT2D eigenvalue weighted by atomic mass is 9.33. The fourth-order valence-electron chi connectivity index (χ4n) is 16.9. The predicted octanol–water partition coefficient (Wildman–Crippen LogP) is 17.7. The largest absolute Gasteiger partial charge is 0.454 e. The first-order valence-corrected chi connectivity index (χ1v) is 28.9. The maximum atomic E-state index is 7.12. The quantitative estimate of drug-likeness (QED) is 0.164. The van der Waals surface area contributed by atoms with E-state index in [-0.39, 0.29) is 39.3 Å². The van der Waals surface area contributed by atoms with Gasteiger partial charge in [-0.25, -0.2) is 0 Å². The van der Waals surface area contributed by atoms with E-state index in [1.165, 1.54) is 120 Å². The van der Waals surface area contributed by atoms with Crippen molar-refractivity contribution in [2.75, 3.05) is 14.7 Å². The lowest BCUT2D eigenvalue weighted by Crippen LogP contribution is -2.62. The van der Waals surface area contributed by atoms with Crippen LogP contribution in [0.5, 0.6) is 0 Å². The Morgan fingerprint density at radius 2 is 1.03 bits per heavy atom. The summed E-state index contributed by atoms with van der Waals surface area (Å²) in [6.45, 7) is 27.4. The summed E-state index contributed by atoms with van der Waals surface area (Å²) in [6.07, 6.45) is 8.18. The third-order valence-electron chi connectivity index (χ3n) is 20.9. The Kier molecular flexibility index (Phi) is 9.58. The van der Waals surface area contributed by atoms with Crippen LogP contribution in [-0.2, 0) is 27.1 Å². The van der Waals surface area contributed by atoms with Crippen molar-refractivity contribution in [1.82, 2.24) is 0 Å². The van der Waals surface area contributed by atoms with Gasteiger partial charge in [0.15, 0.2) is 5.58 Å². The van der Waals surface area contributed by atoms with Crippen LogP contribution in [0.4, 0.5) is 45.5 Å². The third-order valence-corrected chi connectivity index (χ3v) is 20.9. The first-order valence-electron chi connectivity index (χ1n) is 28.9. The lowest BCUT2D eigenvalue weighted by Gasteiger charge is -2.51. The van der Waals surface area contributed by atoms with Crippen molar-refractivity contribution in [2.45, 2.75) is 154 Å². The van der Waals surface area contributed by atoms with Gasteiger partial charge >= 0.3 is 0 Å². The maximum absolute atomic E-state index is 7.12. The molecule has 15 rings (SSSR count). The van der Waals surface area contributed by atoms with Crippen molar-refractivity contribution >= 4 is 90.5 Å². The highest BCUT2D eigenvalue weighted by molar-refractivity contribution is 7.00. The van der Waals surface area contributed by atoms with E-state index in [2.05, 4.69) is 243 Å². The summed E-state index contributed by atoms with van der Waals surface area (Å²) in [4.78, 5) is 8.21. The Morgan fingerprint density at radius 3 is 1.79 bits per heavy atom. The molecule has 2 atom stereocenters. The maximum Gasteiger partial charge on any atom is 0.252 e. The molecule has 0 saturated heterocycles. The van der Waals surface area contributed by atoms with Crippen molar-refractivity contribution in [3.63, 3.8) is 0 Å². The molecule has 77 heavy (non-hydrogen) atoms. The SMILES string of the molecule is Cc1cc2c(cc1N1c3cc4c(cc3B3c5cc(-c6ccccc6)ccc5N(c5cccc6c5oc5ccccc56)c5cc(N6c7ccccc7C7(C)CCCCC67C)cc1c53)C(C)(C)CCC4(C)C)C(C)(C)CC2(C)C. The van der Waals surface area contributed by atoms with Gasteiger partial charge in [-0.15, -0.1) is 0 Å². The van der Waals surface area contributed by atoms with Crippen LogP contribution in [0.1, 0.15) is 148 Å². The molecule has 2 unspecified atom stereocenters. The summed E-state index contributed by atoms with van der Waals surface area (Å²) in [6, 6.07) is 59.1. The molecule has 0 spiro atoms. The van der Waals surface area contributed by atoms with Gasteiger partial charge in [-0.1, -0.05) is 178 Å². The minimum atomic E-state index is -0.152. The van der Waals surface area contributed by atoms with Gasteiger partial charge in [-0.2, -0.15) is 0 Å². The minimum absolute atomic E-state index is 0.00411. The zero-order chi connectivity index (χ0) is 52.9. The zero-order valence-electron chi connectivity index (χ0n) is 47.2.